The van der Waals surface area contributed by atoms with Gasteiger partial charge in [0.2, 0.25) is 5.91 Å². The molecule has 4 heteroatoms. The van der Waals surface area contributed by atoms with Crippen molar-refractivity contribution in [2.75, 3.05) is 0 Å². The van der Waals surface area contributed by atoms with E-state index in [0.717, 1.165) is 16.3 Å². The Morgan fingerprint density at radius 3 is 2.50 bits per heavy atom. The van der Waals surface area contributed by atoms with Gasteiger partial charge in [0.25, 0.3) is 0 Å². The van der Waals surface area contributed by atoms with Crippen LogP contribution in [0, 0.1) is 0 Å². The molecule has 0 radical (unpaired) electrons. The molecule has 0 heterocycles. The fourth-order valence-electron chi connectivity index (χ4n) is 2.15. The molecule has 2 rings (SSSR count). The molecule has 2 N–H and O–H groups in total. The molecule has 104 valence electrons. The summed E-state index contributed by atoms with van der Waals surface area (Å²) in [5.41, 5.74) is 0.813. The minimum Gasteiger partial charge on any atom is -0.481 e. The van der Waals surface area contributed by atoms with Crippen LogP contribution in [0.15, 0.2) is 42.5 Å². The zero-order chi connectivity index (χ0) is 14.5. The molecule has 0 aliphatic heterocycles. The molecule has 0 aliphatic carbocycles. The second kappa shape index (κ2) is 6.19. The van der Waals surface area contributed by atoms with Crippen molar-refractivity contribution in [1.29, 1.82) is 0 Å². The summed E-state index contributed by atoms with van der Waals surface area (Å²) < 4.78 is 0. The smallest absolute Gasteiger partial charge is 0.305 e. The Labute approximate surface area is 117 Å². The van der Waals surface area contributed by atoms with Gasteiger partial charge in [0, 0.05) is 6.42 Å². The summed E-state index contributed by atoms with van der Waals surface area (Å²) in [5.74, 6) is -1.08. The van der Waals surface area contributed by atoms with E-state index >= 15 is 0 Å². The molecule has 1 atom stereocenters. The second-order valence-corrected chi connectivity index (χ2v) is 4.68. The number of carboxylic acids is 1. The zero-order valence-electron chi connectivity index (χ0n) is 11.3. The maximum atomic E-state index is 11.5. The molecule has 0 aliphatic rings. The van der Waals surface area contributed by atoms with E-state index in [2.05, 4.69) is 5.32 Å². The number of hydrogen-bond acceptors (Lipinski definition) is 2. The fraction of sp³-hybridized carbons (Fsp3) is 0.250. The summed E-state index contributed by atoms with van der Waals surface area (Å²) >= 11 is 0. The topological polar surface area (TPSA) is 66.4 Å². The lowest BCUT2D eigenvalue weighted by atomic mass is 9.99. The average Bonchev–Trinajstić information content (AvgIpc) is 2.45. The third-order valence-electron chi connectivity index (χ3n) is 3.21. The summed E-state index contributed by atoms with van der Waals surface area (Å²) in [6, 6.07) is 13.1. The van der Waals surface area contributed by atoms with E-state index in [9.17, 15) is 9.59 Å². The summed E-state index contributed by atoms with van der Waals surface area (Å²) in [5, 5.41) is 13.9. The first-order valence-corrected chi connectivity index (χ1v) is 6.60. The molecule has 0 saturated carbocycles. The fourth-order valence-corrected chi connectivity index (χ4v) is 2.15. The lowest BCUT2D eigenvalue weighted by Gasteiger charge is -2.17. The molecule has 2 aromatic carbocycles. The Hall–Kier alpha value is -2.36. The molecule has 0 aromatic heterocycles. The van der Waals surface area contributed by atoms with E-state index in [4.69, 9.17) is 5.11 Å². The number of hydrogen-bond donors (Lipinski definition) is 2. The monoisotopic (exact) mass is 271 g/mol. The average molecular weight is 271 g/mol. The Kier molecular flexibility index (Phi) is 4.35. The molecule has 4 nitrogen and oxygen atoms in total. The van der Waals surface area contributed by atoms with Gasteiger partial charge in [-0.2, -0.15) is 0 Å². The van der Waals surface area contributed by atoms with Crippen LogP contribution in [0.3, 0.4) is 0 Å². The van der Waals surface area contributed by atoms with Crippen LogP contribution in [0.25, 0.3) is 10.8 Å². The summed E-state index contributed by atoms with van der Waals surface area (Å²) in [6.45, 7) is 1.74. The Morgan fingerprint density at radius 1 is 1.15 bits per heavy atom. The number of aliphatic carboxylic acids is 1. The third-order valence-corrected chi connectivity index (χ3v) is 3.21. The Balaban J connectivity index is 2.33. The molecule has 2 aromatic rings. The van der Waals surface area contributed by atoms with Gasteiger partial charge < -0.3 is 10.4 Å². The van der Waals surface area contributed by atoms with Gasteiger partial charge in [-0.1, -0.05) is 43.3 Å². The maximum Gasteiger partial charge on any atom is 0.305 e. The molecule has 1 amide bonds. The van der Waals surface area contributed by atoms with Gasteiger partial charge in [0.15, 0.2) is 0 Å². The molecule has 20 heavy (non-hydrogen) atoms. The van der Waals surface area contributed by atoms with Crippen LogP contribution in [0.4, 0.5) is 0 Å². The van der Waals surface area contributed by atoms with E-state index in [-0.39, 0.29) is 12.3 Å². The van der Waals surface area contributed by atoms with Crippen molar-refractivity contribution >= 4 is 22.6 Å². The largest absolute Gasteiger partial charge is 0.481 e. The zero-order valence-corrected chi connectivity index (χ0v) is 11.3. The van der Waals surface area contributed by atoms with Gasteiger partial charge in [-0.15, -0.1) is 0 Å². The van der Waals surface area contributed by atoms with Crippen molar-refractivity contribution in [3.8, 4) is 0 Å². The van der Waals surface area contributed by atoms with Gasteiger partial charge in [-0.05, 0) is 22.4 Å². The first-order valence-electron chi connectivity index (χ1n) is 6.60. The first-order chi connectivity index (χ1) is 9.60. The van der Waals surface area contributed by atoms with Crippen LogP contribution in [0.2, 0.25) is 0 Å². The van der Waals surface area contributed by atoms with Crippen molar-refractivity contribution in [1.82, 2.24) is 5.32 Å². The molecular weight excluding hydrogens is 254 g/mol. The highest BCUT2D eigenvalue weighted by Crippen LogP contribution is 2.22. The first kappa shape index (κ1) is 14.1. The summed E-state index contributed by atoms with van der Waals surface area (Å²) in [4.78, 5) is 22.5. The number of amides is 1. The second-order valence-electron chi connectivity index (χ2n) is 4.68. The lowest BCUT2D eigenvalue weighted by Crippen LogP contribution is -2.29. The molecule has 0 saturated heterocycles. The number of nitrogens with one attached hydrogen (secondary N) is 1. The number of carbonyl (C=O) groups excluding carboxylic acids is 1. The van der Waals surface area contributed by atoms with Crippen molar-refractivity contribution in [3.05, 3.63) is 48.0 Å². The van der Waals surface area contributed by atoms with E-state index < -0.39 is 12.0 Å². The molecule has 0 bridgehead atoms. The number of carbonyl (C=O) groups is 2. The SMILES string of the molecule is CCC(=O)N[C@@H](CC(=O)O)c1ccc2ccccc2c1. The van der Waals surface area contributed by atoms with E-state index in [0.29, 0.717) is 6.42 Å². The minimum absolute atomic E-state index is 0.121. The van der Waals surface area contributed by atoms with Gasteiger partial charge in [0.1, 0.15) is 0 Å². The van der Waals surface area contributed by atoms with Crippen molar-refractivity contribution in [2.24, 2.45) is 0 Å². The van der Waals surface area contributed by atoms with Crippen molar-refractivity contribution < 1.29 is 14.7 Å². The summed E-state index contributed by atoms with van der Waals surface area (Å²) in [7, 11) is 0. The van der Waals surface area contributed by atoms with Gasteiger partial charge in [0.05, 0.1) is 12.5 Å². The lowest BCUT2D eigenvalue weighted by molar-refractivity contribution is -0.137. The maximum absolute atomic E-state index is 11.5. The van der Waals surface area contributed by atoms with Crippen molar-refractivity contribution in [3.63, 3.8) is 0 Å². The minimum atomic E-state index is -0.931. The quantitative estimate of drug-likeness (QED) is 0.878. The standard InChI is InChI=1S/C16H17NO3/c1-2-15(18)17-14(10-16(19)20)13-8-7-11-5-3-4-6-12(11)9-13/h3-9,14H,2,10H2,1H3,(H,17,18)(H,19,20)/t14-/m0/s1. The van der Waals surface area contributed by atoms with Crippen LogP contribution in [0.1, 0.15) is 31.4 Å². The van der Waals surface area contributed by atoms with Crippen LogP contribution in [0.5, 0.6) is 0 Å². The molecule has 0 fully saturated rings. The number of carboxylic acid groups (broad SMARTS) is 1. The number of benzene rings is 2. The molecule has 0 spiro atoms. The highest BCUT2D eigenvalue weighted by Gasteiger charge is 2.17. The third kappa shape index (κ3) is 3.35. The van der Waals surface area contributed by atoms with E-state index in [1.165, 1.54) is 0 Å². The number of fused-ring (bicyclic) bond motifs is 1. The van der Waals surface area contributed by atoms with Crippen molar-refractivity contribution in [2.45, 2.75) is 25.8 Å². The van der Waals surface area contributed by atoms with Gasteiger partial charge in [-0.3, -0.25) is 9.59 Å². The number of rotatable bonds is 5. The molecular formula is C16H17NO3. The van der Waals surface area contributed by atoms with E-state index in [1.807, 2.05) is 42.5 Å². The van der Waals surface area contributed by atoms with Crippen LogP contribution in [-0.4, -0.2) is 17.0 Å². The summed E-state index contributed by atoms with van der Waals surface area (Å²) in [6.07, 6.45) is 0.216. The Bertz CT molecular complexity index is 636. The van der Waals surface area contributed by atoms with Gasteiger partial charge in [-0.25, -0.2) is 0 Å². The van der Waals surface area contributed by atoms with Gasteiger partial charge >= 0.3 is 5.97 Å². The van der Waals surface area contributed by atoms with Crippen LogP contribution >= 0.6 is 0 Å². The molecule has 0 unspecified atom stereocenters. The normalized spacial score (nSPS) is 12.1. The highest BCUT2D eigenvalue weighted by molar-refractivity contribution is 5.84. The Morgan fingerprint density at radius 2 is 1.85 bits per heavy atom. The van der Waals surface area contributed by atoms with Crippen LogP contribution in [-0.2, 0) is 9.59 Å². The van der Waals surface area contributed by atoms with Crippen LogP contribution < -0.4 is 5.32 Å². The predicted octanol–water partition coefficient (Wildman–Crippen LogP) is 2.88. The highest BCUT2D eigenvalue weighted by atomic mass is 16.4. The van der Waals surface area contributed by atoms with E-state index in [1.54, 1.807) is 6.92 Å². The predicted molar refractivity (Wildman–Crippen MR) is 77.4 cm³/mol.